The predicted octanol–water partition coefficient (Wildman–Crippen LogP) is 3.70. The van der Waals surface area contributed by atoms with Crippen LogP contribution in [0.1, 0.15) is 22.5 Å². The smallest absolute Gasteiger partial charge is 0.303 e. The van der Waals surface area contributed by atoms with E-state index in [0.29, 0.717) is 11.3 Å². The topological polar surface area (TPSA) is 71.3 Å². The van der Waals surface area contributed by atoms with Gasteiger partial charge in [0.15, 0.2) is 0 Å². The first-order valence-electron chi connectivity index (χ1n) is 8.09. The highest BCUT2D eigenvalue weighted by molar-refractivity contribution is 6.00. The summed E-state index contributed by atoms with van der Waals surface area (Å²) < 4.78 is 14.6. The number of aromatic nitrogens is 1. The highest BCUT2D eigenvalue weighted by Crippen LogP contribution is 2.22. The number of amides is 1. The standard InChI is InChI=1S/C20H17FN2O3/c21-16-8-6-15(7-9-16)20(26)22-23-17(11-13-19(24)25)10-12-18(23)14-4-2-1-3-5-14/h1-10,12H,11,13H2,(H,22,26)(H,24,25). The maximum atomic E-state index is 13.1. The van der Waals surface area contributed by atoms with Crippen LogP contribution in [0, 0.1) is 5.82 Å². The lowest BCUT2D eigenvalue weighted by Gasteiger charge is -2.15. The lowest BCUT2D eigenvalue weighted by Crippen LogP contribution is -2.25. The number of carboxylic acids is 1. The van der Waals surface area contributed by atoms with Gasteiger partial charge in [0.25, 0.3) is 5.91 Å². The quantitative estimate of drug-likeness (QED) is 0.711. The zero-order valence-electron chi connectivity index (χ0n) is 13.9. The number of nitrogens with zero attached hydrogens (tertiary/aromatic N) is 1. The molecule has 0 aliphatic heterocycles. The molecule has 5 nitrogen and oxygen atoms in total. The molecule has 132 valence electrons. The second-order valence-corrected chi connectivity index (χ2v) is 5.75. The minimum Gasteiger partial charge on any atom is -0.481 e. The molecule has 1 amide bonds. The Morgan fingerprint density at radius 2 is 1.65 bits per heavy atom. The zero-order chi connectivity index (χ0) is 18.5. The van der Waals surface area contributed by atoms with Crippen LogP contribution in [0.4, 0.5) is 4.39 Å². The minimum absolute atomic E-state index is 0.0509. The molecule has 0 aliphatic rings. The van der Waals surface area contributed by atoms with Crippen LogP contribution in [0.15, 0.2) is 66.7 Å². The van der Waals surface area contributed by atoms with Crippen molar-refractivity contribution in [2.45, 2.75) is 12.8 Å². The molecular formula is C20H17FN2O3. The third kappa shape index (κ3) is 3.97. The van der Waals surface area contributed by atoms with Gasteiger partial charge >= 0.3 is 5.97 Å². The molecule has 26 heavy (non-hydrogen) atoms. The Morgan fingerprint density at radius 1 is 0.962 bits per heavy atom. The lowest BCUT2D eigenvalue weighted by atomic mass is 10.2. The van der Waals surface area contributed by atoms with Crippen LogP contribution in [0.3, 0.4) is 0 Å². The number of carbonyl (C=O) groups excluding carboxylic acids is 1. The normalized spacial score (nSPS) is 10.5. The van der Waals surface area contributed by atoms with Crippen LogP contribution < -0.4 is 5.43 Å². The van der Waals surface area contributed by atoms with Crippen LogP contribution in [-0.2, 0) is 11.2 Å². The summed E-state index contributed by atoms with van der Waals surface area (Å²) in [5.41, 5.74) is 5.38. The fourth-order valence-corrected chi connectivity index (χ4v) is 2.64. The van der Waals surface area contributed by atoms with Crippen LogP contribution in [0.25, 0.3) is 11.3 Å². The minimum atomic E-state index is -0.913. The first kappa shape index (κ1) is 17.4. The molecule has 6 heteroatoms. The summed E-state index contributed by atoms with van der Waals surface area (Å²) in [7, 11) is 0. The molecule has 0 atom stereocenters. The maximum Gasteiger partial charge on any atom is 0.303 e. The van der Waals surface area contributed by atoms with Gasteiger partial charge in [0, 0.05) is 23.2 Å². The third-order valence-corrected chi connectivity index (χ3v) is 3.95. The summed E-state index contributed by atoms with van der Waals surface area (Å²) in [4.78, 5) is 23.4. The van der Waals surface area contributed by atoms with E-state index in [1.807, 2.05) is 36.4 Å². The Labute approximate surface area is 149 Å². The second kappa shape index (κ2) is 7.65. The Kier molecular flexibility index (Phi) is 5.12. The summed E-state index contributed by atoms with van der Waals surface area (Å²) >= 11 is 0. The highest BCUT2D eigenvalue weighted by atomic mass is 19.1. The van der Waals surface area contributed by atoms with Crippen molar-refractivity contribution in [2.75, 3.05) is 5.43 Å². The van der Waals surface area contributed by atoms with Crippen molar-refractivity contribution < 1.29 is 19.1 Å². The third-order valence-electron chi connectivity index (χ3n) is 3.95. The molecule has 0 saturated heterocycles. The van der Waals surface area contributed by atoms with E-state index in [2.05, 4.69) is 5.43 Å². The lowest BCUT2D eigenvalue weighted by molar-refractivity contribution is -0.136. The number of carboxylic acid groups (broad SMARTS) is 1. The van der Waals surface area contributed by atoms with Crippen LogP contribution in [0.5, 0.6) is 0 Å². The molecule has 0 aliphatic carbocycles. The number of hydrogen-bond acceptors (Lipinski definition) is 2. The average Bonchev–Trinajstić information content (AvgIpc) is 3.03. The van der Waals surface area contributed by atoms with E-state index in [1.165, 1.54) is 24.3 Å². The van der Waals surface area contributed by atoms with Gasteiger partial charge in [-0.2, -0.15) is 0 Å². The van der Waals surface area contributed by atoms with Gasteiger partial charge < -0.3 is 5.11 Å². The number of carbonyl (C=O) groups is 2. The van der Waals surface area contributed by atoms with Gasteiger partial charge in [0.05, 0.1) is 12.1 Å². The number of aryl methyl sites for hydroxylation is 1. The van der Waals surface area contributed by atoms with E-state index in [4.69, 9.17) is 5.11 Å². The van der Waals surface area contributed by atoms with Gasteiger partial charge in [0.2, 0.25) is 0 Å². The Bertz CT molecular complexity index is 918. The SMILES string of the molecule is O=C(O)CCc1ccc(-c2ccccc2)n1NC(=O)c1ccc(F)cc1. The monoisotopic (exact) mass is 352 g/mol. The number of hydrogen-bond donors (Lipinski definition) is 2. The fraction of sp³-hybridized carbons (Fsp3) is 0.100. The van der Waals surface area contributed by atoms with E-state index >= 15 is 0 Å². The van der Waals surface area contributed by atoms with Crippen molar-refractivity contribution in [3.63, 3.8) is 0 Å². The molecule has 2 N–H and O–H groups in total. The highest BCUT2D eigenvalue weighted by Gasteiger charge is 2.14. The zero-order valence-corrected chi connectivity index (χ0v) is 13.9. The van der Waals surface area contributed by atoms with Crippen molar-refractivity contribution in [3.8, 4) is 11.3 Å². The van der Waals surface area contributed by atoms with E-state index in [1.54, 1.807) is 10.7 Å². The molecule has 0 fully saturated rings. The maximum absolute atomic E-state index is 13.1. The first-order valence-corrected chi connectivity index (χ1v) is 8.09. The van der Waals surface area contributed by atoms with Crippen LogP contribution in [-0.4, -0.2) is 21.7 Å². The molecule has 0 saturated carbocycles. The molecule has 2 aromatic carbocycles. The van der Waals surface area contributed by atoms with Gasteiger partial charge in [-0.25, -0.2) is 4.39 Å². The van der Waals surface area contributed by atoms with E-state index in [-0.39, 0.29) is 12.8 Å². The van der Waals surface area contributed by atoms with Crippen molar-refractivity contribution in [3.05, 3.63) is 83.8 Å². The van der Waals surface area contributed by atoms with Crippen LogP contribution >= 0.6 is 0 Å². The van der Waals surface area contributed by atoms with E-state index in [0.717, 1.165) is 11.3 Å². The van der Waals surface area contributed by atoms with Crippen LogP contribution in [0.2, 0.25) is 0 Å². The molecule has 0 unspecified atom stereocenters. The number of benzene rings is 2. The van der Waals surface area contributed by atoms with Gasteiger partial charge in [-0.3, -0.25) is 19.7 Å². The molecule has 3 aromatic rings. The number of aliphatic carboxylic acids is 1. The molecule has 0 radical (unpaired) electrons. The summed E-state index contributed by atoms with van der Waals surface area (Å²) in [6.45, 7) is 0. The molecule has 1 aromatic heterocycles. The van der Waals surface area contributed by atoms with Crippen molar-refractivity contribution >= 4 is 11.9 Å². The average molecular weight is 352 g/mol. The first-order chi connectivity index (χ1) is 12.5. The fourth-order valence-electron chi connectivity index (χ4n) is 2.64. The molecular weight excluding hydrogens is 335 g/mol. The Morgan fingerprint density at radius 3 is 2.31 bits per heavy atom. The predicted molar refractivity (Wildman–Crippen MR) is 95.9 cm³/mol. The van der Waals surface area contributed by atoms with Crippen molar-refractivity contribution in [2.24, 2.45) is 0 Å². The molecule has 3 rings (SSSR count). The molecule has 0 bridgehead atoms. The molecule has 1 heterocycles. The van der Waals surface area contributed by atoms with Gasteiger partial charge in [-0.05, 0) is 36.4 Å². The molecule has 0 spiro atoms. The number of rotatable bonds is 6. The summed E-state index contributed by atoms with van der Waals surface area (Å²) in [6.07, 6.45) is 0.219. The second-order valence-electron chi connectivity index (χ2n) is 5.75. The number of halogens is 1. The van der Waals surface area contributed by atoms with Crippen molar-refractivity contribution in [1.29, 1.82) is 0 Å². The Balaban J connectivity index is 1.94. The largest absolute Gasteiger partial charge is 0.481 e. The van der Waals surface area contributed by atoms with Crippen molar-refractivity contribution in [1.82, 2.24) is 4.68 Å². The summed E-state index contributed by atoms with van der Waals surface area (Å²) in [6, 6.07) is 18.3. The Hall–Kier alpha value is -3.41. The van der Waals surface area contributed by atoms with Gasteiger partial charge in [-0.1, -0.05) is 30.3 Å². The van der Waals surface area contributed by atoms with Gasteiger partial charge in [0.1, 0.15) is 5.82 Å². The van der Waals surface area contributed by atoms with E-state index in [9.17, 15) is 14.0 Å². The van der Waals surface area contributed by atoms with E-state index < -0.39 is 17.7 Å². The number of nitrogens with one attached hydrogen (secondary N) is 1. The summed E-state index contributed by atoms with van der Waals surface area (Å²) in [5, 5.41) is 8.94. The van der Waals surface area contributed by atoms with Gasteiger partial charge in [-0.15, -0.1) is 0 Å². The summed E-state index contributed by atoms with van der Waals surface area (Å²) in [5.74, 6) is -1.74.